The van der Waals surface area contributed by atoms with Gasteiger partial charge in [-0.15, -0.1) is 0 Å². The van der Waals surface area contributed by atoms with E-state index in [0.717, 1.165) is 44.8 Å². The molecule has 0 N–H and O–H groups in total. The molecule has 0 aromatic heterocycles. The van der Waals surface area contributed by atoms with Crippen LogP contribution in [0.2, 0.25) is 0 Å². The Balaban J connectivity index is 1.52. The second-order valence-electron chi connectivity index (χ2n) is 14.8. The normalized spacial score (nSPS) is 23.1. The van der Waals surface area contributed by atoms with Gasteiger partial charge in [0.15, 0.2) is 5.79 Å². The third-order valence-electron chi connectivity index (χ3n) is 10.2. The lowest BCUT2D eigenvalue weighted by atomic mass is 9.98. The number of allylic oxidation sites excluding steroid dienone is 8. The van der Waals surface area contributed by atoms with Crippen LogP contribution in [0.1, 0.15) is 194 Å². The lowest BCUT2D eigenvalue weighted by molar-refractivity contribution is -0.180. The Labute approximate surface area is 294 Å². The molecule has 0 aliphatic carbocycles. The van der Waals surface area contributed by atoms with Crippen molar-refractivity contribution < 1.29 is 9.47 Å². The van der Waals surface area contributed by atoms with E-state index < -0.39 is 0 Å². The Morgan fingerprint density at radius 1 is 0.553 bits per heavy atom. The van der Waals surface area contributed by atoms with Crippen LogP contribution >= 0.6 is 0 Å². The standard InChI is InChI=1S/C44H79NO2/c1-4-6-8-10-12-14-16-18-20-22-24-26-28-30-32-34-37-44(46-41-43(47-44)36-39-45-40-42(45)3)38-35-33-31-29-27-25-23-21-19-17-15-13-11-9-7-5-2/h12-15,18-21,42-43H,4-11,16-17,22-41H2,1-3H3. The van der Waals surface area contributed by atoms with Crippen LogP contribution in [0.15, 0.2) is 48.6 Å². The molecule has 2 rings (SSSR count). The summed E-state index contributed by atoms with van der Waals surface area (Å²) in [5.74, 6) is -0.306. The molecule has 0 amide bonds. The maximum absolute atomic E-state index is 6.74. The average Bonchev–Trinajstić information content (AvgIpc) is 3.64. The second-order valence-corrected chi connectivity index (χ2v) is 14.8. The first kappa shape index (κ1) is 42.0. The van der Waals surface area contributed by atoms with Gasteiger partial charge in [0.2, 0.25) is 0 Å². The maximum Gasteiger partial charge on any atom is 0.168 e. The predicted molar refractivity (Wildman–Crippen MR) is 207 cm³/mol. The fraction of sp³-hybridized carbons (Fsp3) is 0.818. The van der Waals surface area contributed by atoms with Gasteiger partial charge < -0.3 is 9.47 Å². The highest BCUT2D eigenvalue weighted by Gasteiger charge is 2.41. The van der Waals surface area contributed by atoms with Gasteiger partial charge in [-0.3, -0.25) is 4.90 Å². The minimum Gasteiger partial charge on any atom is -0.347 e. The van der Waals surface area contributed by atoms with E-state index in [0.29, 0.717) is 0 Å². The van der Waals surface area contributed by atoms with Crippen LogP contribution in [0.25, 0.3) is 0 Å². The van der Waals surface area contributed by atoms with E-state index in [1.165, 1.54) is 154 Å². The van der Waals surface area contributed by atoms with E-state index in [1.807, 2.05) is 0 Å². The molecule has 2 heterocycles. The molecule has 3 atom stereocenters. The molecule has 0 radical (unpaired) electrons. The monoisotopic (exact) mass is 654 g/mol. The van der Waals surface area contributed by atoms with Gasteiger partial charge >= 0.3 is 0 Å². The van der Waals surface area contributed by atoms with E-state index in [2.05, 4.69) is 74.3 Å². The molecular weight excluding hydrogens is 574 g/mol. The first-order chi connectivity index (χ1) is 23.2. The zero-order chi connectivity index (χ0) is 33.5. The highest BCUT2D eigenvalue weighted by molar-refractivity contribution is 4.93. The Morgan fingerprint density at radius 2 is 0.957 bits per heavy atom. The van der Waals surface area contributed by atoms with Gasteiger partial charge in [0.1, 0.15) is 0 Å². The molecule has 3 unspecified atom stereocenters. The molecule has 2 aliphatic heterocycles. The maximum atomic E-state index is 6.74. The first-order valence-corrected chi connectivity index (χ1v) is 20.8. The molecular formula is C44H79NO2. The molecule has 0 aromatic carbocycles. The van der Waals surface area contributed by atoms with Crippen molar-refractivity contribution in [2.45, 2.75) is 212 Å². The van der Waals surface area contributed by atoms with Crippen molar-refractivity contribution in [1.82, 2.24) is 4.90 Å². The summed E-state index contributed by atoms with van der Waals surface area (Å²) in [5.41, 5.74) is 0. The third kappa shape index (κ3) is 23.8. The number of nitrogens with zero attached hydrogens (tertiary/aromatic N) is 1. The van der Waals surface area contributed by atoms with Gasteiger partial charge in [-0.1, -0.05) is 140 Å². The minimum absolute atomic E-state index is 0.289. The van der Waals surface area contributed by atoms with Gasteiger partial charge in [-0.2, -0.15) is 0 Å². The van der Waals surface area contributed by atoms with Gasteiger partial charge in [0.05, 0.1) is 12.7 Å². The summed E-state index contributed by atoms with van der Waals surface area (Å²) in [7, 11) is 0. The van der Waals surface area contributed by atoms with Crippen LogP contribution < -0.4 is 0 Å². The highest BCUT2D eigenvalue weighted by atomic mass is 16.7. The molecule has 272 valence electrons. The third-order valence-corrected chi connectivity index (χ3v) is 10.2. The topological polar surface area (TPSA) is 21.5 Å². The summed E-state index contributed by atoms with van der Waals surface area (Å²) in [5, 5.41) is 0. The van der Waals surface area contributed by atoms with Crippen LogP contribution in [0.5, 0.6) is 0 Å². The molecule has 3 heteroatoms. The quantitative estimate of drug-likeness (QED) is 0.0400. The summed E-state index contributed by atoms with van der Waals surface area (Å²) in [4.78, 5) is 2.55. The van der Waals surface area contributed by atoms with Gasteiger partial charge in [0.25, 0.3) is 0 Å². The summed E-state index contributed by atoms with van der Waals surface area (Å²) in [6.07, 6.45) is 53.5. The Kier molecular flexibility index (Phi) is 26.6. The number of unbranched alkanes of at least 4 members (excludes halogenated alkanes) is 18. The minimum atomic E-state index is -0.306. The number of ether oxygens (including phenoxy) is 2. The number of hydrogen-bond acceptors (Lipinski definition) is 3. The molecule has 0 aromatic rings. The van der Waals surface area contributed by atoms with Gasteiger partial charge in [0, 0.05) is 32.0 Å². The fourth-order valence-electron chi connectivity index (χ4n) is 6.82. The van der Waals surface area contributed by atoms with Crippen molar-refractivity contribution in [2.75, 3.05) is 19.7 Å². The Hall–Kier alpha value is -1.16. The van der Waals surface area contributed by atoms with E-state index in [1.54, 1.807) is 0 Å². The summed E-state index contributed by atoms with van der Waals surface area (Å²) >= 11 is 0. The van der Waals surface area contributed by atoms with Crippen molar-refractivity contribution in [2.24, 2.45) is 0 Å². The molecule has 2 saturated heterocycles. The van der Waals surface area contributed by atoms with Crippen molar-refractivity contribution in [3.05, 3.63) is 48.6 Å². The van der Waals surface area contributed by atoms with E-state index in [-0.39, 0.29) is 11.9 Å². The molecule has 3 nitrogen and oxygen atoms in total. The van der Waals surface area contributed by atoms with Gasteiger partial charge in [-0.05, 0) is 90.4 Å². The van der Waals surface area contributed by atoms with E-state index >= 15 is 0 Å². The first-order valence-electron chi connectivity index (χ1n) is 20.8. The molecule has 2 aliphatic rings. The van der Waals surface area contributed by atoms with Crippen LogP contribution in [-0.2, 0) is 9.47 Å². The summed E-state index contributed by atoms with van der Waals surface area (Å²) < 4.78 is 13.3. The number of hydrogen-bond donors (Lipinski definition) is 0. The number of rotatable bonds is 33. The second kappa shape index (κ2) is 29.7. The molecule has 0 bridgehead atoms. The lowest BCUT2D eigenvalue weighted by Crippen LogP contribution is -2.31. The molecule has 47 heavy (non-hydrogen) atoms. The van der Waals surface area contributed by atoms with Crippen LogP contribution in [0.4, 0.5) is 0 Å². The van der Waals surface area contributed by atoms with Crippen molar-refractivity contribution in [3.8, 4) is 0 Å². The van der Waals surface area contributed by atoms with Crippen molar-refractivity contribution in [3.63, 3.8) is 0 Å². The van der Waals surface area contributed by atoms with Crippen molar-refractivity contribution in [1.29, 1.82) is 0 Å². The van der Waals surface area contributed by atoms with Crippen LogP contribution in [0.3, 0.4) is 0 Å². The van der Waals surface area contributed by atoms with Crippen LogP contribution in [0, 0.1) is 0 Å². The molecule has 0 saturated carbocycles. The fourth-order valence-corrected chi connectivity index (χ4v) is 6.82. The Morgan fingerprint density at radius 3 is 1.38 bits per heavy atom. The zero-order valence-corrected chi connectivity index (χ0v) is 31.8. The van der Waals surface area contributed by atoms with Gasteiger partial charge in [-0.25, -0.2) is 0 Å². The smallest absolute Gasteiger partial charge is 0.168 e. The van der Waals surface area contributed by atoms with Crippen molar-refractivity contribution >= 4 is 0 Å². The average molecular weight is 654 g/mol. The largest absolute Gasteiger partial charge is 0.347 e. The van der Waals surface area contributed by atoms with E-state index in [4.69, 9.17) is 9.47 Å². The SMILES string of the molecule is CCCCCC=CCC=CCCCCCCCCC1(CCCCCCCCC=CCC=CCCCCC)OCC(CCN2CC2C)O1. The summed E-state index contributed by atoms with van der Waals surface area (Å²) in [6, 6.07) is 0.777. The lowest BCUT2D eigenvalue weighted by Gasteiger charge is -2.28. The summed E-state index contributed by atoms with van der Waals surface area (Å²) in [6.45, 7) is 10.1. The Bertz CT molecular complexity index is 766. The van der Waals surface area contributed by atoms with Crippen LogP contribution in [-0.4, -0.2) is 42.5 Å². The zero-order valence-electron chi connectivity index (χ0n) is 31.8. The molecule has 0 spiro atoms. The predicted octanol–water partition coefficient (Wildman–Crippen LogP) is 13.6. The highest BCUT2D eigenvalue weighted by Crippen LogP contribution is 2.36. The van der Waals surface area contributed by atoms with E-state index in [9.17, 15) is 0 Å². The molecule has 2 fully saturated rings.